The van der Waals surface area contributed by atoms with Gasteiger partial charge in [-0.3, -0.25) is 0 Å². The first-order valence-corrected chi connectivity index (χ1v) is 8.19. The van der Waals surface area contributed by atoms with Crippen LogP contribution in [0.25, 0.3) is 11.1 Å². The molecule has 0 radical (unpaired) electrons. The molecule has 132 valence electrons. The van der Waals surface area contributed by atoms with Gasteiger partial charge in [-0.15, -0.1) is 0 Å². The van der Waals surface area contributed by atoms with E-state index in [0.29, 0.717) is 17.3 Å². The molecule has 3 N–H and O–H groups in total. The lowest BCUT2D eigenvalue weighted by atomic mass is 9.98. The lowest BCUT2D eigenvalue weighted by Crippen LogP contribution is -2.31. The molecular formula is C21H21N3O2. The van der Waals surface area contributed by atoms with E-state index < -0.39 is 0 Å². The lowest BCUT2D eigenvalue weighted by molar-refractivity contribution is 0.416. The highest BCUT2D eigenvalue weighted by molar-refractivity contribution is 6.06. The van der Waals surface area contributed by atoms with Crippen LogP contribution in [0, 0.1) is 0 Å². The number of hydrogen-bond donors (Lipinski definition) is 2. The summed E-state index contributed by atoms with van der Waals surface area (Å²) in [5, 5.41) is 0. The molecule has 0 aliphatic rings. The molecule has 0 atom stereocenters. The monoisotopic (exact) mass is 347 g/mol. The molecule has 3 aromatic rings. The molecule has 0 aromatic heterocycles. The van der Waals surface area contributed by atoms with Gasteiger partial charge in [-0.2, -0.15) is 0 Å². The predicted octanol–water partition coefficient (Wildman–Crippen LogP) is 3.91. The molecule has 5 nitrogen and oxygen atoms in total. The Kier molecular flexibility index (Phi) is 5.51. The smallest absolute Gasteiger partial charge is 0.148 e. The zero-order valence-corrected chi connectivity index (χ0v) is 14.8. The number of rotatable bonds is 5. The highest BCUT2D eigenvalue weighted by Gasteiger charge is 2.14. The average molecular weight is 347 g/mol. The molecule has 5 heteroatoms. The third-order valence-corrected chi connectivity index (χ3v) is 4.03. The van der Waals surface area contributed by atoms with Gasteiger partial charge in [-0.25, -0.2) is 10.8 Å². The first-order valence-electron chi connectivity index (χ1n) is 8.19. The van der Waals surface area contributed by atoms with Crippen molar-refractivity contribution in [2.24, 2.45) is 10.8 Å². The van der Waals surface area contributed by atoms with E-state index in [1.165, 1.54) is 0 Å². The summed E-state index contributed by atoms with van der Waals surface area (Å²) in [4.78, 5) is 4.67. The Bertz CT molecular complexity index is 922. The van der Waals surface area contributed by atoms with E-state index in [-0.39, 0.29) is 0 Å². The SMILES string of the molecule is COc1ccccc1N=C(NN)c1ccccc1-c1ccccc1OC. The quantitative estimate of drug-likeness (QED) is 0.318. The molecule has 3 aromatic carbocycles. The van der Waals surface area contributed by atoms with Crippen LogP contribution in [0.3, 0.4) is 0 Å². The van der Waals surface area contributed by atoms with Gasteiger partial charge in [-0.05, 0) is 23.8 Å². The molecule has 26 heavy (non-hydrogen) atoms. The van der Waals surface area contributed by atoms with Crippen LogP contribution in [0.4, 0.5) is 5.69 Å². The standard InChI is InChI=1S/C21H21N3O2/c1-25-19-13-7-5-10-16(19)15-9-3-4-11-17(15)21(24-22)23-18-12-6-8-14-20(18)26-2/h3-14H,22H2,1-2H3,(H,23,24). The van der Waals surface area contributed by atoms with Crippen LogP contribution in [0.1, 0.15) is 5.56 Å². The molecule has 0 amide bonds. The van der Waals surface area contributed by atoms with Gasteiger partial charge in [0.1, 0.15) is 23.0 Å². The maximum atomic E-state index is 5.81. The summed E-state index contributed by atoms with van der Waals surface area (Å²) in [6.07, 6.45) is 0. The molecule has 0 unspecified atom stereocenters. The van der Waals surface area contributed by atoms with Crippen LogP contribution in [0.15, 0.2) is 77.8 Å². The maximum absolute atomic E-state index is 5.81. The first-order chi connectivity index (χ1) is 12.8. The van der Waals surface area contributed by atoms with Crippen molar-refractivity contribution < 1.29 is 9.47 Å². The average Bonchev–Trinajstić information content (AvgIpc) is 2.72. The van der Waals surface area contributed by atoms with Crippen molar-refractivity contribution in [1.82, 2.24) is 5.43 Å². The van der Waals surface area contributed by atoms with Crippen LogP contribution in [-0.2, 0) is 0 Å². The van der Waals surface area contributed by atoms with Crippen molar-refractivity contribution in [2.75, 3.05) is 14.2 Å². The number of nitrogens with two attached hydrogens (primary N) is 1. The number of methoxy groups -OCH3 is 2. The number of amidine groups is 1. The van der Waals surface area contributed by atoms with Gasteiger partial charge in [-0.1, -0.05) is 54.6 Å². The van der Waals surface area contributed by atoms with Crippen molar-refractivity contribution in [2.45, 2.75) is 0 Å². The zero-order chi connectivity index (χ0) is 18.4. The van der Waals surface area contributed by atoms with Gasteiger partial charge in [0.25, 0.3) is 0 Å². The third-order valence-electron chi connectivity index (χ3n) is 4.03. The van der Waals surface area contributed by atoms with Crippen LogP contribution < -0.4 is 20.7 Å². The Balaban J connectivity index is 2.15. The van der Waals surface area contributed by atoms with Crippen molar-refractivity contribution in [1.29, 1.82) is 0 Å². The normalized spacial score (nSPS) is 11.1. The van der Waals surface area contributed by atoms with Crippen LogP contribution in [-0.4, -0.2) is 20.1 Å². The fourth-order valence-electron chi connectivity index (χ4n) is 2.80. The van der Waals surface area contributed by atoms with Crippen molar-refractivity contribution in [3.05, 3.63) is 78.4 Å². The predicted molar refractivity (Wildman–Crippen MR) is 105 cm³/mol. The first kappa shape index (κ1) is 17.5. The summed E-state index contributed by atoms with van der Waals surface area (Å²) in [5.74, 6) is 7.81. The Morgan fingerprint density at radius 3 is 2.04 bits per heavy atom. The lowest BCUT2D eigenvalue weighted by Gasteiger charge is -2.15. The number of nitrogens with zero attached hydrogens (tertiary/aromatic N) is 1. The summed E-state index contributed by atoms with van der Waals surface area (Å²) < 4.78 is 10.9. The number of ether oxygens (including phenoxy) is 2. The van der Waals surface area contributed by atoms with Crippen molar-refractivity contribution in [3.63, 3.8) is 0 Å². The topological polar surface area (TPSA) is 68.9 Å². The summed E-state index contributed by atoms with van der Waals surface area (Å²) in [7, 11) is 3.28. The molecule has 0 aliphatic carbocycles. The second kappa shape index (κ2) is 8.18. The number of nitrogens with one attached hydrogen (secondary N) is 1. The van der Waals surface area contributed by atoms with Crippen LogP contribution >= 0.6 is 0 Å². The van der Waals surface area contributed by atoms with Crippen LogP contribution in [0.5, 0.6) is 11.5 Å². The van der Waals surface area contributed by atoms with E-state index in [9.17, 15) is 0 Å². The molecule has 3 rings (SSSR count). The highest BCUT2D eigenvalue weighted by Crippen LogP contribution is 2.33. The molecular weight excluding hydrogens is 326 g/mol. The van der Waals surface area contributed by atoms with Gasteiger partial charge in [0, 0.05) is 11.1 Å². The largest absolute Gasteiger partial charge is 0.496 e. The molecule has 0 bridgehead atoms. The van der Waals surface area contributed by atoms with Gasteiger partial charge >= 0.3 is 0 Å². The van der Waals surface area contributed by atoms with E-state index in [4.69, 9.17) is 15.3 Å². The fourth-order valence-corrected chi connectivity index (χ4v) is 2.80. The number of hydrogen-bond acceptors (Lipinski definition) is 4. The van der Waals surface area contributed by atoms with E-state index in [0.717, 1.165) is 22.4 Å². The van der Waals surface area contributed by atoms with E-state index >= 15 is 0 Å². The van der Waals surface area contributed by atoms with E-state index in [1.54, 1.807) is 14.2 Å². The minimum absolute atomic E-state index is 0.538. The summed E-state index contributed by atoms with van der Waals surface area (Å²) in [6.45, 7) is 0. The van der Waals surface area contributed by atoms with Gasteiger partial charge < -0.3 is 14.9 Å². The fraction of sp³-hybridized carbons (Fsp3) is 0.0952. The van der Waals surface area contributed by atoms with Crippen molar-refractivity contribution in [3.8, 4) is 22.6 Å². The molecule has 0 fully saturated rings. The van der Waals surface area contributed by atoms with E-state index in [1.807, 2.05) is 72.8 Å². The molecule has 0 spiro atoms. The molecule has 0 aliphatic heterocycles. The summed E-state index contributed by atoms with van der Waals surface area (Å²) >= 11 is 0. The molecule has 0 heterocycles. The third kappa shape index (κ3) is 3.53. The highest BCUT2D eigenvalue weighted by atomic mass is 16.5. The number of benzene rings is 3. The van der Waals surface area contributed by atoms with Gasteiger partial charge in [0.2, 0.25) is 0 Å². The Morgan fingerprint density at radius 2 is 1.35 bits per heavy atom. The second-order valence-electron chi connectivity index (χ2n) is 5.52. The Hall–Kier alpha value is -3.31. The molecule has 0 saturated carbocycles. The minimum Gasteiger partial charge on any atom is -0.496 e. The van der Waals surface area contributed by atoms with Gasteiger partial charge in [0.15, 0.2) is 0 Å². The summed E-state index contributed by atoms with van der Waals surface area (Å²) in [6, 6.07) is 23.3. The molecule has 0 saturated heterocycles. The maximum Gasteiger partial charge on any atom is 0.148 e. The summed E-state index contributed by atoms with van der Waals surface area (Å²) in [5.41, 5.74) is 6.21. The second-order valence-corrected chi connectivity index (χ2v) is 5.52. The van der Waals surface area contributed by atoms with Gasteiger partial charge in [0.05, 0.1) is 14.2 Å². The Morgan fingerprint density at radius 1 is 0.769 bits per heavy atom. The number of aliphatic imine (C=N–C) groups is 1. The van der Waals surface area contributed by atoms with Crippen LogP contribution in [0.2, 0.25) is 0 Å². The zero-order valence-electron chi connectivity index (χ0n) is 14.8. The van der Waals surface area contributed by atoms with E-state index in [2.05, 4.69) is 10.4 Å². The Labute approximate surface area is 153 Å². The van der Waals surface area contributed by atoms with Crippen molar-refractivity contribution >= 4 is 11.5 Å². The number of hydrazine groups is 1. The number of para-hydroxylation sites is 3. The minimum atomic E-state index is 0.538.